The third-order valence-electron chi connectivity index (χ3n) is 3.91. The molecule has 0 saturated carbocycles. The number of nitrogens with one attached hydrogen (secondary N) is 1. The van der Waals surface area contributed by atoms with Crippen LogP contribution in [0.15, 0.2) is 41.4 Å². The predicted octanol–water partition coefficient (Wildman–Crippen LogP) is 3.31. The summed E-state index contributed by atoms with van der Waals surface area (Å²) in [5.74, 6) is 2.01. The fourth-order valence-corrected chi connectivity index (χ4v) is 2.60. The lowest BCUT2D eigenvalue weighted by Crippen LogP contribution is -2.22. The molecule has 0 spiro atoms. The average molecular weight is 500 g/mol. The third kappa shape index (κ3) is 5.38. The molecule has 3 rings (SSSR count). The minimum atomic E-state index is -0.466. The average Bonchev–Trinajstić information content (AvgIpc) is 2.91. The molecule has 2 aromatic rings. The third-order valence-corrected chi connectivity index (χ3v) is 3.91. The van der Waals surface area contributed by atoms with Crippen LogP contribution in [0.4, 0.5) is 11.4 Å². The van der Waals surface area contributed by atoms with Gasteiger partial charge in [0, 0.05) is 35.9 Å². The Morgan fingerprint density at radius 3 is 2.71 bits per heavy atom. The number of benzene rings is 2. The summed E-state index contributed by atoms with van der Waals surface area (Å²) in [6.07, 6.45) is 0.825. The minimum absolute atomic E-state index is 0. The van der Waals surface area contributed by atoms with Crippen LogP contribution in [0.1, 0.15) is 12.0 Å². The SMILES string of the molecule is COc1ccc([N+](=O)[O-])cc1CN=C(N)Nc1ccc2c(c1)OCCCO2.I. The number of anilines is 1. The number of rotatable bonds is 5. The van der Waals surface area contributed by atoms with Gasteiger partial charge < -0.3 is 25.3 Å². The summed E-state index contributed by atoms with van der Waals surface area (Å²) in [7, 11) is 1.49. The molecule has 2 aromatic carbocycles. The Labute approximate surface area is 179 Å². The van der Waals surface area contributed by atoms with Crippen molar-refractivity contribution in [2.75, 3.05) is 25.6 Å². The Balaban J connectivity index is 0.00000280. The van der Waals surface area contributed by atoms with Crippen molar-refractivity contribution in [3.05, 3.63) is 52.1 Å². The van der Waals surface area contributed by atoms with Crippen LogP contribution in [-0.2, 0) is 6.54 Å². The number of fused-ring (bicyclic) bond motifs is 1. The van der Waals surface area contributed by atoms with Crippen molar-refractivity contribution >= 4 is 41.3 Å². The lowest BCUT2D eigenvalue weighted by molar-refractivity contribution is -0.384. The summed E-state index contributed by atoms with van der Waals surface area (Å²) < 4.78 is 16.4. The molecule has 150 valence electrons. The molecular formula is C18H21IN4O5. The molecule has 0 amide bonds. The van der Waals surface area contributed by atoms with E-state index in [0.717, 1.165) is 6.42 Å². The Hall–Kier alpha value is -2.76. The molecule has 0 unspecified atom stereocenters. The van der Waals surface area contributed by atoms with Gasteiger partial charge in [-0.05, 0) is 18.2 Å². The van der Waals surface area contributed by atoms with E-state index in [1.807, 2.05) is 6.07 Å². The number of nitrogens with zero attached hydrogens (tertiary/aromatic N) is 2. The van der Waals surface area contributed by atoms with Crippen LogP contribution in [-0.4, -0.2) is 31.2 Å². The van der Waals surface area contributed by atoms with Crippen molar-refractivity contribution in [2.45, 2.75) is 13.0 Å². The normalized spacial score (nSPS) is 13.1. The molecule has 0 fully saturated rings. The highest BCUT2D eigenvalue weighted by Crippen LogP contribution is 2.32. The molecule has 3 N–H and O–H groups in total. The van der Waals surface area contributed by atoms with Crippen molar-refractivity contribution in [2.24, 2.45) is 10.7 Å². The summed E-state index contributed by atoms with van der Waals surface area (Å²) in [6.45, 7) is 1.34. The number of nitro groups is 1. The number of nitrogens with two attached hydrogens (primary N) is 1. The first-order valence-corrected chi connectivity index (χ1v) is 8.34. The minimum Gasteiger partial charge on any atom is -0.496 e. The molecule has 10 heteroatoms. The highest BCUT2D eigenvalue weighted by molar-refractivity contribution is 14.0. The standard InChI is InChI=1S/C18H20N4O5.HI/c1-25-15-6-4-14(22(23)24)9-12(15)11-20-18(19)21-13-3-5-16-17(10-13)27-8-2-7-26-16;/h3-6,9-10H,2,7-8,11H2,1H3,(H3,19,20,21);1H. The number of ether oxygens (including phenoxy) is 3. The Morgan fingerprint density at radius 2 is 2.00 bits per heavy atom. The lowest BCUT2D eigenvalue weighted by atomic mass is 10.2. The van der Waals surface area contributed by atoms with E-state index in [9.17, 15) is 10.1 Å². The molecule has 1 heterocycles. The zero-order valence-corrected chi connectivity index (χ0v) is 17.5. The first-order chi connectivity index (χ1) is 13.1. The maximum atomic E-state index is 10.9. The van der Waals surface area contributed by atoms with Crippen molar-refractivity contribution < 1.29 is 19.1 Å². The van der Waals surface area contributed by atoms with E-state index in [2.05, 4.69) is 10.3 Å². The Morgan fingerprint density at radius 1 is 1.25 bits per heavy atom. The number of guanidine groups is 1. The van der Waals surface area contributed by atoms with Gasteiger partial charge >= 0.3 is 0 Å². The van der Waals surface area contributed by atoms with Gasteiger partial charge in [-0.15, -0.1) is 24.0 Å². The first kappa shape index (κ1) is 21.5. The fraction of sp³-hybridized carbons (Fsp3) is 0.278. The monoisotopic (exact) mass is 500 g/mol. The number of hydrogen-bond donors (Lipinski definition) is 2. The van der Waals surface area contributed by atoms with Crippen molar-refractivity contribution in [1.82, 2.24) is 0 Å². The van der Waals surface area contributed by atoms with E-state index in [1.165, 1.54) is 25.3 Å². The Bertz CT molecular complexity index is 875. The second kappa shape index (κ2) is 9.97. The van der Waals surface area contributed by atoms with Gasteiger partial charge in [0.05, 0.1) is 31.8 Å². The van der Waals surface area contributed by atoms with Crippen LogP contribution in [0.2, 0.25) is 0 Å². The molecule has 0 atom stereocenters. The quantitative estimate of drug-likeness (QED) is 0.213. The number of aliphatic imine (C=N–C) groups is 1. The molecule has 1 aliphatic heterocycles. The second-order valence-corrected chi connectivity index (χ2v) is 5.79. The van der Waals surface area contributed by atoms with Gasteiger partial charge in [0.2, 0.25) is 0 Å². The van der Waals surface area contributed by atoms with Crippen LogP contribution in [0.3, 0.4) is 0 Å². The first-order valence-electron chi connectivity index (χ1n) is 8.34. The van der Waals surface area contributed by atoms with Crippen molar-refractivity contribution in [3.8, 4) is 17.2 Å². The zero-order chi connectivity index (χ0) is 19.2. The highest BCUT2D eigenvalue weighted by atomic mass is 127. The molecule has 0 bridgehead atoms. The van der Waals surface area contributed by atoms with Gasteiger partial charge in [-0.2, -0.15) is 0 Å². The van der Waals surface area contributed by atoms with E-state index in [0.29, 0.717) is 41.7 Å². The van der Waals surface area contributed by atoms with Crippen molar-refractivity contribution in [3.63, 3.8) is 0 Å². The summed E-state index contributed by atoms with van der Waals surface area (Å²) in [6, 6.07) is 9.74. The van der Waals surface area contributed by atoms with Gasteiger partial charge in [0.25, 0.3) is 5.69 Å². The van der Waals surface area contributed by atoms with Gasteiger partial charge in [0.15, 0.2) is 17.5 Å². The maximum absolute atomic E-state index is 10.9. The van der Waals surface area contributed by atoms with Gasteiger partial charge in [0.1, 0.15) is 5.75 Å². The summed E-state index contributed by atoms with van der Waals surface area (Å²) in [5.41, 5.74) is 7.18. The van der Waals surface area contributed by atoms with Crippen LogP contribution in [0, 0.1) is 10.1 Å². The van der Waals surface area contributed by atoms with Gasteiger partial charge in [-0.3, -0.25) is 10.1 Å². The molecule has 0 radical (unpaired) electrons. The smallest absolute Gasteiger partial charge is 0.270 e. The number of non-ortho nitro benzene ring substituents is 1. The fourth-order valence-electron chi connectivity index (χ4n) is 2.60. The second-order valence-electron chi connectivity index (χ2n) is 5.79. The van der Waals surface area contributed by atoms with Gasteiger partial charge in [-0.25, -0.2) is 4.99 Å². The van der Waals surface area contributed by atoms with E-state index in [-0.39, 0.29) is 42.2 Å². The molecule has 28 heavy (non-hydrogen) atoms. The van der Waals surface area contributed by atoms with E-state index in [1.54, 1.807) is 12.1 Å². The summed E-state index contributed by atoms with van der Waals surface area (Å²) >= 11 is 0. The number of nitro benzene ring substituents is 1. The molecule has 0 aromatic heterocycles. The molecule has 0 aliphatic carbocycles. The summed E-state index contributed by atoms with van der Waals surface area (Å²) in [4.78, 5) is 14.7. The lowest BCUT2D eigenvalue weighted by Gasteiger charge is -2.11. The number of hydrogen-bond acceptors (Lipinski definition) is 6. The molecular weight excluding hydrogens is 479 g/mol. The molecule has 9 nitrogen and oxygen atoms in total. The summed E-state index contributed by atoms with van der Waals surface area (Å²) in [5, 5.41) is 13.9. The largest absolute Gasteiger partial charge is 0.496 e. The van der Waals surface area contributed by atoms with Crippen LogP contribution < -0.4 is 25.3 Å². The van der Waals surface area contributed by atoms with Crippen LogP contribution in [0.5, 0.6) is 17.2 Å². The predicted molar refractivity (Wildman–Crippen MR) is 116 cm³/mol. The Kier molecular flexibility index (Phi) is 7.67. The zero-order valence-electron chi connectivity index (χ0n) is 15.2. The van der Waals surface area contributed by atoms with Crippen LogP contribution in [0.25, 0.3) is 0 Å². The number of methoxy groups -OCH3 is 1. The molecule has 0 saturated heterocycles. The maximum Gasteiger partial charge on any atom is 0.270 e. The van der Waals surface area contributed by atoms with Gasteiger partial charge in [-0.1, -0.05) is 0 Å². The number of halogens is 1. The highest BCUT2D eigenvalue weighted by Gasteiger charge is 2.12. The van der Waals surface area contributed by atoms with Crippen LogP contribution >= 0.6 is 24.0 Å². The van der Waals surface area contributed by atoms with E-state index >= 15 is 0 Å². The van der Waals surface area contributed by atoms with E-state index in [4.69, 9.17) is 19.9 Å². The van der Waals surface area contributed by atoms with Crippen molar-refractivity contribution in [1.29, 1.82) is 0 Å². The van der Waals surface area contributed by atoms with E-state index < -0.39 is 4.92 Å². The molecule has 1 aliphatic rings. The topological polar surface area (TPSA) is 121 Å².